The van der Waals surface area contributed by atoms with Gasteiger partial charge in [-0.15, -0.1) is 0 Å². The van der Waals surface area contributed by atoms with Gasteiger partial charge in [0.15, 0.2) is 0 Å². The minimum atomic E-state index is 0.0818. The highest BCUT2D eigenvalue weighted by atomic mass is 16.1. The van der Waals surface area contributed by atoms with Crippen molar-refractivity contribution < 1.29 is 4.79 Å². The second-order valence-corrected chi connectivity index (χ2v) is 6.47. The predicted molar refractivity (Wildman–Crippen MR) is 87.1 cm³/mol. The summed E-state index contributed by atoms with van der Waals surface area (Å²) in [5.74, 6) is 1.33. The quantitative estimate of drug-likeness (QED) is 0.873. The van der Waals surface area contributed by atoms with E-state index in [-0.39, 0.29) is 11.9 Å². The first kappa shape index (κ1) is 16.0. The van der Waals surface area contributed by atoms with E-state index in [2.05, 4.69) is 55.7 Å². The Morgan fingerprint density at radius 1 is 1.24 bits per heavy atom. The van der Waals surface area contributed by atoms with Crippen LogP contribution in [0.4, 0.5) is 0 Å². The number of hydrogen-bond donors (Lipinski definition) is 2. The molecule has 1 fully saturated rings. The van der Waals surface area contributed by atoms with E-state index in [1.54, 1.807) is 0 Å². The largest absolute Gasteiger partial charge is 0.350 e. The minimum absolute atomic E-state index is 0.0818. The number of amides is 1. The average Bonchev–Trinajstić information content (AvgIpc) is 2.48. The van der Waals surface area contributed by atoms with Crippen molar-refractivity contribution in [1.29, 1.82) is 0 Å². The van der Waals surface area contributed by atoms with Crippen molar-refractivity contribution in [2.45, 2.75) is 46.1 Å². The Hall–Kier alpha value is -1.35. The molecule has 1 aromatic rings. The van der Waals surface area contributed by atoms with Crippen LogP contribution in [0, 0.1) is 18.8 Å². The van der Waals surface area contributed by atoms with Gasteiger partial charge in [-0.05, 0) is 57.2 Å². The maximum Gasteiger partial charge on any atom is 0.220 e. The molecule has 2 atom stereocenters. The summed E-state index contributed by atoms with van der Waals surface area (Å²) in [7, 11) is 0. The van der Waals surface area contributed by atoms with Gasteiger partial charge < -0.3 is 10.6 Å². The van der Waals surface area contributed by atoms with Crippen LogP contribution in [0.2, 0.25) is 0 Å². The van der Waals surface area contributed by atoms with E-state index >= 15 is 0 Å². The van der Waals surface area contributed by atoms with E-state index in [1.165, 1.54) is 24.0 Å². The zero-order valence-electron chi connectivity index (χ0n) is 13.5. The van der Waals surface area contributed by atoms with Gasteiger partial charge >= 0.3 is 0 Å². The molecule has 21 heavy (non-hydrogen) atoms. The fourth-order valence-electron chi connectivity index (χ4n) is 3.11. The third-order valence-electron chi connectivity index (χ3n) is 4.65. The number of carbonyl (C=O) groups excluding carboxylic acids is 1. The zero-order chi connectivity index (χ0) is 15.2. The lowest BCUT2D eigenvalue weighted by atomic mass is 9.84. The highest BCUT2D eigenvalue weighted by Gasteiger charge is 2.22. The summed E-state index contributed by atoms with van der Waals surface area (Å²) >= 11 is 0. The fraction of sp³-hybridized carbons (Fsp3) is 0.611. The summed E-state index contributed by atoms with van der Waals surface area (Å²) in [6.07, 6.45) is 3.03. The second-order valence-electron chi connectivity index (χ2n) is 6.47. The van der Waals surface area contributed by atoms with Crippen molar-refractivity contribution in [3.63, 3.8) is 0 Å². The Morgan fingerprint density at radius 2 is 1.86 bits per heavy atom. The lowest BCUT2D eigenvalue weighted by molar-refractivity contribution is -0.123. The topological polar surface area (TPSA) is 41.1 Å². The molecule has 2 N–H and O–H groups in total. The normalized spacial score (nSPS) is 19.0. The lowest BCUT2D eigenvalue weighted by Gasteiger charge is -2.28. The van der Waals surface area contributed by atoms with Crippen LogP contribution in [0.1, 0.15) is 50.3 Å². The Morgan fingerprint density at radius 3 is 2.48 bits per heavy atom. The van der Waals surface area contributed by atoms with Gasteiger partial charge in [-0.3, -0.25) is 4.79 Å². The molecule has 1 aliphatic rings. The molecule has 0 aromatic heterocycles. The molecule has 0 aliphatic carbocycles. The van der Waals surface area contributed by atoms with Crippen molar-refractivity contribution in [2.75, 3.05) is 13.1 Å². The van der Waals surface area contributed by atoms with Crippen LogP contribution in [0.5, 0.6) is 0 Å². The Balaban J connectivity index is 1.81. The number of nitrogens with one attached hydrogen (secondary N) is 2. The van der Waals surface area contributed by atoms with Crippen molar-refractivity contribution in [1.82, 2.24) is 10.6 Å². The SMILES string of the molecule is Cc1ccc(C(C)NC(=O)CC(C)C2CCNCC2)cc1. The number of benzene rings is 1. The summed E-state index contributed by atoms with van der Waals surface area (Å²) in [5.41, 5.74) is 2.42. The Labute approximate surface area is 128 Å². The monoisotopic (exact) mass is 288 g/mol. The number of hydrogen-bond acceptors (Lipinski definition) is 2. The third-order valence-corrected chi connectivity index (χ3v) is 4.65. The fourth-order valence-corrected chi connectivity index (χ4v) is 3.11. The first-order valence-electron chi connectivity index (χ1n) is 8.13. The van der Waals surface area contributed by atoms with Gasteiger partial charge in [0.25, 0.3) is 0 Å². The summed E-state index contributed by atoms with van der Waals surface area (Å²) in [6, 6.07) is 8.46. The van der Waals surface area contributed by atoms with E-state index in [9.17, 15) is 4.79 Å². The third kappa shape index (κ3) is 4.85. The Kier molecular flexibility index (Phi) is 5.80. The first-order chi connectivity index (χ1) is 10.1. The summed E-state index contributed by atoms with van der Waals surface area (Å²) in [5, 5.41) is 6.51. The molecule has 3 heteroatoms. The molecule has 1 amide bonds. The first-order valence-corrected chi connectivity index (χ1v) is 8.13. The smallest absolute Gasteiger partial charge is 0.220 e. The van der Waals surface area contributed by atoms with Crippen LogP contribution in [0.3, 0.4) is 0 Å². The predicted octanol–water partition coefficient (Wildman–Crippen LogP) is 3.20. The van der Waals surface area contributed by atoms with Crippen molar-refractivity contribution >= 4 is 5.91 Å². The molecule has 2 unspecified atom stereocenters. The molecule has 1 aromatic carbocycles. The van der Waals surface area contributed by atoms with Gasteiger partial charge in [0.2, 0.25) is 5.91 Å². The molecule has 1 heterocycles. The van der Waals surface area contributed by atoms with Crippen molar-refractivity contribution in [3.8, 4) is 0 Å². The molecule has 0 radical (unpaired) electrons. The van der Waals surface area contributed by atoms with Gasteiger partial charge in [0.1, 0.15) is 0 Å². The maximum absolute atomic E-state index is 12.2. The van der Waals surface area contributed by atoms with E-state index in [0.29, 0.717) is 18.3 Å². The summed E-state index contributed by atoms with van der Waals surface area (Å²) in [4.78, 5) is 12.2. The molecule has 1 saturated heterocycles. The van der Waals surface area contributed by atoms with E-state index in [1.807, 2.05) is 0 Å². The minimum Gasteiger partial charge on any atom is -0.350 e. The summed E-state index contributed by atoms with van der Waals surface area (Å²) < 4.78 is 0. The lowest BCUT2D eigenvalue weighted by Crippen LogP contribution is -2.34. The number of aryl methyl sites for hydroxylation is 1. The standard InChI is InChI=1S/C18H28N2O/c1-13-4-6-17(7-5-13)15(3)20-18(21)12-14(2)16-8-10-19-11-9-16/h4-7,14-16,19H,8-12H2,1-3H3,(H,20,21). The van der Waals surface area contributed by atoms with Gasteiger partial charge in [0.05, 0.1) is 6.04 Å². The molecular weight excluding hydrogens is 260 g/mol. The molecular formula is C18H28N2O. The molecule has 0 bridgehead atoms. The zero-order valence-corrected chi connectivity index (χ0v) is 13.5. The highest BCUT2D eigenvalue weighted by molar-refractivity contribution is 5.76. The van der Waals surface area contributed by atoms with Crippen LogP contribution >= 0.6 is 0 Å². The molecule has 1 aliphatic heterocycles. The number of carbonyl (C=O) groups is 1. The molecule has 0 saturated carbocycles. The Bertz CT molecular complexity index is 449. The number of rotatable bonds is 5. The molecule has 0 spiro atoms. The van der Waals surface area contributed by atoms with Crippen molar-refractivity contribution in [3.05, 3.63) is 35.4 Å². The molecule has 116 valence electrons. The van der Waals surface area contributed by atoms with Gasteiger partial charge in [-0.2, -0.15) is 0 Å². The van der Waals surface area contributed by atoms with Crippen LogP contribution in [0.25, 0.3) is 0 Å². The van der Waals surface area contributed by atoms with Crippen LogP contribution in [-0.2, 0) is 4.79 Å². The average molecular weight is 288 g/mol. The van der Waals surface area contributed by atoms with Crippen LogP contribution in [-0.4, -0.2) is 19.0 Å². The number of piperidine rings is 1. The van der Waals surface area contributed by atoms with Crippen molar-refractivity contribution in [2.24, 2.45) is 11.8 Å². The highest BCUT2D eigenvalue weighted by Crippen LogP contribution is 2.24. The van der Waals surface area contributed by atoms with Crippen LogP contribution < -0.4 is 10.6 Å². The van der Waals surface area contributed by atoms with E-state index < -0.39 is 0 Å². The molecule has 2 rings (SSSR count). The summed E-state index contributed by atoms with van der Waals surface area (Å²) in [6.45, 7) is 8.53. The second kappa shape index (κ2) is 7.60. The van der Waals surface area contributed by atoms with Gasteiger partial charge in [0, 0.05) is 6.42 Å². The van der Waals surface area contributed by atoms with Crippen LogP contribution in [0.15, 0.2) is 24.3 Å². The van der Waals surface area contributed by atoms with E-state index in [0.717, 1.165) is 13.1 Å². The van der Waals surface area contributed by atoms with Gasteiger partial charge in [-0.25, -0.2) is 0 Å². The van der Waals surface area contributed by atoms with Gasteiger partial charge in [-0.1, -0.05) is 36.8 Å². The van der Waals surface area contributed by atoms with E-state index in [4.69, 9.17) is 0 Å². The molecule has 3 nitrogen and oxygen atoms in total. The maximum atomic E-state index is 12.2.